The summed E-state index contributed by atoms with van der Waals surface area (Å²) < 4.78 is 21.5. The molecule has 0 saturated carbocycles. The van der Waals surface area contributed by atoms with Crippen LogP contribution < -0.4 is 24.4 Å². The Kier molecular flexibility index (Phi) is 6.56. The Morgan fingerprint density at radius 1 is 1.10 bits per heavy atom. The Balaban J connectivity index is 1.87. The summed E-state index contributed by atoms with van der Waals surface area (Å²) in [6.45, 7) is 0.669. The van der Waals surface area contributed by atoms with Gasteiger partial charge in [-0.2, -0.15) is 0 Å². The normalized spacial score (nSPS) is 16.3. The molecule has 8 heteroatoms. The lowest BCUT2D eigenvalue weighted by Crippen LogP contribution is -2.58. The molecule has 1 aliphatic heterocycles. The molecule has 0 aromatic heterocycles. The lowest BCUT2D eigenvalue weighted by atomic mass is 10.1. The predicted molar refractivity (Wildman–Crippen MR) is 106 cm³/mol. The fraction of sp³-hybridized carbons (Fsp3) is 0.333. The average molecular weight is 400 g/mol. The van der Waals surface area contributed by atoms with Crippen LogP contribution in [0.3, 0.4) is 0 Å². The number of hydrogen-bond acceptors (Lipinski definition) is 7. The first-order valence-corrected chi connectivity index (χ1v) is 9.11. The molecule has 154 valence electrons. The van der Waals surface area contributed by atoms with Crippen molar-refractivity contribution in [1.82, 2.24) is 5.32 Å². The molecule has 8 nitrogen and oxygen atoms in total. The maximum atomic E-state index is 12.6. The van der Waals surface area contributed by atoms with Gasteiger partial charge in [-0.15, -0.1) is 0 Å². The summed E-state index contributed by atoms with van der Waals surface area (Å²) in [5.74, 6) is 1.07. The molecule has 1 amide bonds. The molecule has 3 rings (SSSR count). The van der Waals surface area contributed by atoms with Gasteiger partial charge < -0.3 is 24.3 Å². The van der Waals surface area contributed by atoms with Crippen molar-refractivity contribution in [3.63, 3.8) is 0 Å². The Morgan fingerprint density at radius 2 is 1.79 bits per heavy atom. The van der Waals surface area contributed by atoms with E-state index in [9.17, 15) is 9.59 Å². The zero-order valence-electron chi connectivity index (χ0n) is 16.6. The van der Waals surface area contributed by atoms with Crippen LogP contribution in [0, 0.1) is 0 Å². The van der Waals surface area contributed by atoms with E-state index in [0.717, 1.165) is 5.56 Å². The van der Waals surface area contributed by atoms with Crippen molar-refractivity contribution in [3.05, 3.63) is 48.0 Å². The number of esters is 1. The number of methoxy groups -OCH3 is 3. The molecule has 1 heterocycles. The number of amides is 1. The highest BCUT2D eigenvalue weighted by Crippen LogP contribution is 2.32. The van der Waals surface area contributed by atoms with E-state index in [4.69, 9.17) is 18.9 Å². The van der Waals surface area contributed by atoms with E-state index in [-0.39, 0.29) is 19.1 Å². The molecule has 2 aromatic carbocycles. The third-order valence-corrected chi connectivity index (χ3v) is 4.60. The summed E-state index contributed by atoms with van der Waals surface area (Å²) in [5.41, 5.74) is 1.36. The van der Waals surface area contributed by atoms with Crippen molar-refractivity contribution >= 4 is 17.6 Å². The standard InChI is InChI=1S/C21H24N2O6/c1-26-15-8-14(9-16(10-15)27-2)13-29-19-7-5-4-6-17(19)23-18(21(25)28-3)11-22-12-20(23)24/h4-10,18,22H,11-13H2,1-3H3. The molecule has 29 heavy (non-hydrogen) atoms. The molecule has 0 spiro atoms. The van der Waals surface area contributed by atoms with Crippen LogP contribution >= 0.6 is 0 Å². The van der Waals surface area contributed by atoms with Crippen molar-refractivity contribution < 1.29 is 28.5 Å². The first kappa shape index (κ1) is 20.5. The van der Waals surface area contributed by atoms with Crippen LogP contribution in [0.15, 0.2) is 42.5 Å². The molecule has 1 unspecified atom stereocenters. The fourth-order valence-electron chi connectivity index (χ4n) is 3.18. The predicted octanol–water partition coefficient (Wildman–Crippen LogP) is 1.76. The third-order valence-electron chi connectivity index (χ3n) is 4.60. The van der Waals surface area contributed by atoms with Gasteiger partial charge in [0.2, 0.25) is 5.91 Å². The maximum absolute atomic E-state index is 12.6. The minimum atomic E-state index is -0.761. The van der Waals surface area contributed by atoms with Gasteiger partial charge in [-0.3, -0.25) is 9.69 Å². The van der Waals surface area contributed by atoms with Gasteiger partial charge in [-0.1, -0.05) is 12.1 Å². The number of nitrogens with zero attached hydrogens (tertiary/aromatic N) is 1. The average Bonchev–Trinajstić information content (AvgIpc) is 2.77. The second-order valence-corrected chi connectivity index (χ2v) is 6.41. The first-order valence-electron chi connectivity index (χ1n) is 9.11. The van der Waals surface area contributed by atoms with Gasteiger partial charge in [0, 0.05) is 12.6 Å². The van der Waals surface area contributed by atoms with Gasteiger partial charge in [0.25, 0.3) is 0 Å². The van der Waals surface area contributed by atoms with Gasteiger partial charge in [-0.05, 0) is 29.8 Å². The minimum absolute atomic E-state index is 0.134. The van der Waals surface area contributed by atoms with E-state index in [1.54, 1.807) is 38.5 Å². The smallest absolute Gasteiger partial charge is 0.330 e. The molecule has 0 radical (unpaired) electrons. The highest BCUT2D eigenvalue weighted by molar-refractivity contribution is 6.02. The summed E-state index contributed by atoms with van der Waals surface area (Å²) in [5, 5.41) is 2.94. The largest absolute Gasteiger partial charge is 0.497 e. The van der Waals surface area contributed by atoms with Crippen LogP contribution in [0.4, 0.5) is 5.69 Å². The number of hydrogen-bond donors (Lipinski definition) is 1. The number of para-hydroxylation sites is 2. The van der Waals surface area contributed by atoms with Gasteiger partial charge in [0.1, 0.15) is 29.9 Å². The molecule has 1 N–H and O–H groups in total. The van der Waals surface area contributed by atoms with Gasteiger partial charge in [0.05, 0.1) is 33.6 Å². The Hall–Kier alpha value is -3.26. The van der Waals surface area contributed by atoms with Crippen molar-refractivity contribution in [2.24, 2.45) is 0 Å². The van der Waals surface area contributed by atoms with Crippen LogP contribution in [-0.2, 0) is 20.9 Å². The van der Waals surface area contributed by atoms with Gasteiger partial charge in [0.15, 0.2) is 0 Å². The Labute approximate surface area is 169 Å². The van der Waals surface area contributed by atoms with Crippen LogP contribution in [0.2, 0.25) is 0 Å². The SMILES string of the molecule is COC(=O)C1CNCC(=O)N1c1ccccc1OCc1cc(OC)cc(OC)c1. The number of benzene rings is 2. The number of carbonyl (C=O) groups is 2. The van der Waals surface area contributed by atoms with Gasteiger partial charge in [-0.25, -0.2) is 4.79 Å². The topological polar surface area (TPSA) is 86.3 Å². The number of piperazine rings is 1. The zero-order chi connectivity index (χ0) is 20.8. The second-order valence-electron chi connectivity index (χ2n) is 6.41. The van der Waals surface area contributed by atoms with Crippen LogP contribution in [0.5, 0.6) is 17.2 Å². The highest BCUT2D eigenvalue weighted by Gasteiger charge is 2.36. The number of anilines is 1. The molecule has 1 aliphatic rings. The summed E-state index contributed by atoms with van der Waals surface area (Å²) in [4.78, 5) is 26.2. The van der Waals surface area contributed by atoms with E-state index in [0.29, 0.717) is 29.5 Å². The monoisotopic (exact) mass is 400 g/mol. The van der Waals surface area contributed by atoms with E-state index in [1.165, 1.54) is 12.0 Å². The molecule has 1 atom stereocenters. The number of rotatable bonds is 7. The molecular formula is C21H24N2O6. The van der Waals surface area contributed by atoms with Crippen LogP contribution in [0.25, 0.3) is 0 Å². The minimum Gasteiger partial charge on any atom is -0.497 e. The lowest BCUT2D eigenvalue weighted by molar-refractivity contribution is -0.144. The number of carbonyl (C=O) groups excluding carboxylic acids is 2. The molecule has 2 aromatic rings. The third kappa shape index (κ3) is 4.60. The van der Waals surface area contributed by atoms with Crippen LogP contribution in [-0.4, -0.2) is 52.3 Å². The van der Waals surface area contributed by atoms with E-state index in [2.05, 4.69) is 5.32 Å². The van der Waals surface area contributed by atoms with Crippen LogP contribution in [0.1, 0.15) is 5.56 Å². The van der Waals surface area contributed by atoms with E-state index < -0.39 is 12.0 Å². The van der Waals surface area contributed by atoms with Crippen molar-refractivity contribution in [1.29, 1.82) is 0 Å². The molecule has 0 bridgehead atoms. The maximum Gasteiger partial charge on any atom is 0.330 e. The highest BCUT2D eigenvalue weighted by atomic mass is 16.5. The fourth-order valence-corrected chi connectivity index (χ4v) is 3.18. The number of nitrogens with one attached hydrogen (secondary N) is 1. The second kappa shape index (κ2) is 9.29. The number of ether oxygens (including phenoxy) is 4. The van der Waals surface area contributed by atoms with Crippen molar-refractivity contribution in [2.75, 3.05) is 39.3 Å². The summed E-state index contributed by atoms with van der Waals surface area (Å²) in [6, 6.07) is 11.8. The van der Waals surface area contributed by atoms with Crippen molar-refractivity contribution in [3.8, 4) is 17.2 Å². The molecule has 1 fully saturated rings. The van der Waals surface area contributed by atoms with Gasteiger partial charge >= 0.3 is 5.97 Å². The van der Waals surface area contributed by atoms with E-state index >= 15 is 0 Å². The Morgan fingerprint density at radius 3 is 2.45 bits per heavy atom. The molecule has 1 saturated heterocycles. The molecular weight excluding hydrogens is 376 g/mol. The zero-order valence-corrected chi connectivity index (χ0v) is 16.6. The Bertz CT molecular complexity index is 863. The lowest BCUT2D eigenvalue weighted by Gasteiger charge is -2.35. The summed E-state index contributed by atoms with van der Waals surface area (Å²) in [6.07, 6.45) is 0. The van der Waals surface area contributed by atoms with E-state index in [1.807, 2.05) is 18.2 Å². The summed E-state index contributed by atoms with van der Waals surface area (Å²) >= 11 is 0. The summed E-state index contributed by atoms with van der Waals surface area (Å²) in [7, 11) is 4.47. The first-order chi connectivity index (χ1) is 14.1. The quantitative estimate of drug-likeness (QED) is 0.709. The van der Waals surface area contributed by atoms with Crippen molar-refractivity contribution in [2.45, 2.75) is 12.6 Å². The molecule has 0 aliphatic carbocycles.